The van der Waals surface area contributed by atoms with E-state index in [-0.39, 0.29) is 0 Å². The first kappa shape index (κ1) is 14.1. The summed E-state index contributed by atoms with van der Waals surface area (Å²) in [5, 5.41) is 4.79. The maximum Gasteiger partial charge on any atom is 0.0970 e. The second-order valence-corrected chi connectivity index (χ2v) is 6.46. The summed E-state index contributed by atoms with van der Waals surface area (Å²) in [5.74, 6) is 0. The third-order valence-electron chi connectivity index (χ3n) is 4.77. The van der Waals surface area contributed by atoms with Crippen molar-refractivity contribution in [3.05, 3.63) is 84.7 Å². The fourth-order valence-corrected chi connectivity index (χ4v) is 3.55. The second-order valence-electron chi connectivity index (χ2n) is 6.46. The summed E-state index contributed by atoms with van der Waals surface area (Å²) in [5.41, 5.74) is 5.61. The highest BCUT2D eigenvalue weighted by atomic mass is 14.7. The van der Waals surface area contributed by atoms with Gasteiger partial charge in [0.05, 0.1) is 11.0 Å². The molecule has 3 aromatic carbocycles. The minimum absolute atomic E-state index is 0.957. The molecule has 0 aliphatic heterocycles. The molecule has 0 N–H and O–H groups in total. The van der Waals surface area contributed by atoms with Crippen molar-refractivity contribution >= 4 is 32.6 Å². The Bertz CT molecular complexity index is 1260. The lowest BCUT2D eigenvalue weighted by molar-refractivity contribution is 1.37. The molecule has 0 spiro atoms. The van der Waals surface area contributed by atoms with E-state index >= 15 is 0 Å². The summed E-state index contributed by atoms with van der Waals surface area (Å²) in [6.07, 6.45) is 3.66. The molecule has 0 aliphatic carbocycles. The van der Waals surface area contributed by atoms with Crippen molar-refractivity contribution in [2.24, 2.45) is 0 Å². The molecule has 2 nitrogen and oxygen atoms in total. The Kier molecular flexibility index (Phi) is 3.04. The average molecular weight is 320 g/mol. The van der Waals surface area contributed by atoms with Gasteiger partial charge in [0.25, 0.3) is 0 Å². The first-order valence-corrected chi connectivity index (χ1v) is 8.43. The molecule has 2 aromatic heterocycles. The predicted molar refractivity (Wildman–Crippen MR) is 105 cm³/mol. The number of aromatic nitrogens is 2. The molecule has 0 saturated carbocycles. The van der Waals surface area contributed by atoms with Gasteiger partial charge in [0.2, 0.25) is 0 Å². The number of aryl methyl sites for hydroxylation is 1. The molecular formula is C23H16N2. The zero-order valence-electron chi connectivity index (χ0n) is 13.9. The fraction of sp³-hybridized carbons (Fsp3) is 0.0435. The third-order valence-corrected chi connectivity index (χ3v) is 4.77. The first-order chi connectivity index (χ1) is 12.3. The molecule has 5 rings (SSSR count). The van der Waals surface area contributed by atoms with E-state index < -0.39 is 0 Å². The standard InChI is InChI=1S/C23H16N2/c1-15-6-7-17-13-18(9-8-16(17)12-15)21-14-19-4-2-10-24-22(19)23-20(21)5-3-11-25-23/h2-14H,1H3. The van der Waals surface area contributed by atoms with Gasteiger partial charge in [0.15, 0.2) is 0 Å². The number of rotatable bonds is 1. The van der Waals surface area contributed by atoms with Crippen LogP contribution < -0.4 is 0 Å². The van der Waals surface area contributed by atoms with Crippen molar-refractivity contribution in [1.82, 2.24) is 9.97 Å². The minimum Gasteiger partial charge on any atom is -0.254 e. The molecule has 0 bridgehead atoms. The number of fused-ring (bicyclic) bond motifs is 4. The number of benzene rings is 3. The van der Waals surface area contributed by atoms with Gasteiger partial charge in [0, 0.05) is 23.2 Å². The maximum absolute atomic E-state index is 4.61. The SMILES string of the molecule is Cc1ccc2cc(-c3cc4cccnc4c4ncccc34)ccc2c1. The monoisotopic (exact) mass is 320 g/mol. The normalized spacial score (nSPS) is 11.4. The van der Waals surface area contributed by atoms with Gasteiger partial charge in [-0.25, -0.2) is 0 Å². The molecule has 0 saturated heterocycles. The Hall–Kier alpha value is -3.26. The van der Waals surface area contributed by atoms with Crippen LogP contribution in [-0.2, 0) is 0 Å². The number of hydrogen-bond acceptors (Lipinski definition) is 2. The molecular weight excluding hydrogens is 304 g/mol. The van der Waals surface area contributed by atoms with Crippen LogP contribution in [0.15, 0.2) is 79.1 Å². The lowest BCUT2D eigenvalue weighted by Gasteiger charge is -2.10. The second kappa shape index (κ2) is 5.38. The smallest absolute Gasteiger partial charge is 0.0970 e. The van der Waals surface area contributed by atoms with Gasteiger partial charge in [-0.15, -0.1) is 0 Å². The van der Waals surface area contributed by atoms with Gasteiger partial charge in [0.1, 0.15) is 0 Å². The van der Waals surface area contributed by atoms with E-state index in [0.717, 1.165) is 21.8 Å². The van der Waals surface area contributed by atoms with E-state index in [1.165, 1.54) is 27.5 Å². The van der Waals surface area contributed by atoms with Crippen molar-refractivity contribution in [3.63, 3.8) is 0 Å². The lowest BCUT2D eigenvalue weighted by Crippen LogP contribution is -1.89. The molecule has 0 atom stereocenters. The van der Waals surface area contributed by atoms with Gasteiger partial charge in [-0.2, -0.15) is 0 Å². The predicted octanol–water partition coefficient (Wildman–Crippen LogP) is 5.91. The Labute approximate surface area is 145 Å². The van der Waals surface area contributed by atoms with Crippen LogP contribution in [-0.4, -0.2) is 9.97 Å². The van der Waals surface area contributed by atoms with Crippen LogP contribution in [0.5, 0.6) is 0 Å². The van der Waals surface area contributed by atoms with Crippen LogP contribution in [0.3, 0.4) is 0 Å². The van der Waals surface area contributed by atoms with Crippen molar-refractivity contribution in [3.8, 4) is 11.1 Å². The number of nitrogens with zero attached hydrogens (tertiary/aromatic N) is 2. The molecule has 5 aromatic rings. The summed E-state index contributed by atoms with van der Waals surface area (Å²) in [6.45, 7) is 2.13. The van der Waals surface area contributed by atoms with Crippen LogP contribution in [0.2, 0.25) is 0 Å². The van der Waals surface area contributed by atoms with E-state index in [9.17, 15) is 0 Å². The fourth-order valence-electron chi connectivity index (χ4n) is 3.55. The highest BCUT2D eigenvalue weighted by molar-refractivity contribution is 6.10. The van der Waals surface area contributed by atoms with Crippen LogP contribution in [0.4, 0.5) is 0 Å². The summed E-state index contributed by atoms with van der Waals surface area (Å²) >= 11 is 0. The van der Waals surface area contributed by atoms with Crippen molar-refractivity contribution < 1.29 is 0 Å². The van der Waals surface area contributed by atoms with Crippen LogP contribution in [0, 0.1) is 6.92 Å². The van der Waals surface area contributed by atoms with Crippen LogP contribution in [0.1, 0.15) is 5.56 Å². The largest absolute Gasteiger partial charge is 0.254 e. The molecule has 0 unspecified atom stereocenters. The van der Waals surface area contributed by atoms with E-state index in [2.05, 4.69) is 71.5 Å². The lowest BCUT2D eigenvalue weighted by atomic mass is 9.95. The van der Waals surface area contributed by atoms with Crippen LogP contribution in [0.25, 0.3) is 43.7 Å². The summed E-state index contributed by atoms with van der Waals surface area (Å²) < 4.78 is 0. The zero-order valence-corrected chi connectivity index (χ0v) is 13.9. The van der Waals surface area contributed by atoms with E-state index in [4.69, 9.17) is 0 Å². The first-order valence-electron chi connectivity index (χ1n) is 8.43. The Morgan fingerprint density at radius 2 is 1.40 bits per heavy atom. The van der Waals surface area contributed by atoms with Gasteiger partial charge >= 0.3 is 0 Å². The molecule has 0 aliphatic rings. The Morgan fingerprint density at radius 1 is 0.640 bits per heavy atom. The maximum atomic E-state index is 4.61. The van der Waals surface area contributed by atoms with Gasteiger partial charge in [-0.05, 0) is 53.1 Å². The van der Waals surface area contributed by atoms with Gasteiger partial charge in [-0.3, -0.25) is 9.97 Å². The molecule has 2 heterocycles. The molecule has 25 heavy (non-hydrogen) atoms. The molecule has 0 radical (unpaired) electrons. The number of hydrogen-bond donors (Lipinski definition) is 0. The highest BCUT2D eigenvalue weighted by Gasteiger charge is 2.10. The molecule has 0 fully saturated rings. The van der Waals surface area contributed by atoms with Crippen molar-refractivity contribution in [1.29, 1.82) is 0 Å². The topological polar surface area (TPSA) is 25.8 Å². The average Bonchev–Trinajstić information content (AvgIpc) is 2.67. The van der Waals surface area contributed by atoms with Crippen molar-refractivity contribution in [2.75, 3.05) is 0 Å². The van der Waals surface area contributed by atoms with E-state index in [0.29, 0.717) is 0 Å². The molecule has 2 heteroatoms. The van der Waals surface area contributed by atoms with Crippen molar-refractivity contribution in [2.45, 2.75) is 6.92 Å². The Balaban J connectivity index is 1.86. The summed E-state index contributed by atoms with van der Waals surface area (Å²) in [4.78, 5) is 9.15. The Morgan fingerprint density at radius 3 is 2.32 bits per heavy atom. The third kappa shape index (κ3) is 2.26. The highest BCUT2D eigenvalue weighted by Crippen LogP contribution is 2.34. The minimum atomic E-state index is 0.957. The van der Waals surface area contributed by atoms with Crippen LogP contribution >= 0.6 is 0 Å². The zero-order chi connectivity index (χ0) is 16.8. The van der Waals surface area contributed by atoms with E-state index in [1.54, 1.807) is 0 Å². The molecule has 118 valence electrons. The summed E-state index contributed by atoms with van der Waals surface area (Å²) in [7, 11) is 0. The van der Waals surface area contributed by atoms with Gasteiger partial charge < -0.3 is 0 Å². The summed E-state index contributed by atoms with van der Waals surface area (Å²) in [6, 6.07) is 23.7. The van der Waals surface area contributed by atoms with E-state index in [1.807, 2.05) is 24.5 Å². The number of pyridine rings is 2. The molecule has 0 amide bonds. The quantitative estimate of drug-likeness (QED) is 0.359. The van der Waals surface area contributed by atoms with Gasteiger partial charge in [-0.1, -0.05) is 48.0 Å².